The number of hydrogen-bond donors (Lipinski definition) is 1. The number of amides is 3. The third kappa shape index (κ3) is 1.96. The highest BCUT2D eigenvalue weighted by Gasteiger charge is 2.43. The second-order valence-corrected chi connectivity index (χ2v) is 4.49. The molecule has 74 valence electrons. The van der Waals surface area contributed by atoms with Crippen LogP contribution < -0.4 is 5.32 Å². The molecule has 3 amide bonds. The molecule has 1 rings (SSSR count). The number of imide groups is 1. The summed E-state index contributed by atoms with van der Waals surface area (Å²) in [6, 6.07) is -0.274. The monoisotopic (exact) mass is 202 g/mol. The molecule has 0 radical (unpaired) electrons. The minimum absolute atomic E-state index is 0.133. The largest absolute Gasteiger partial charge is 0.325 e. The second kappa shape index (κ2) is 3.57. The number of nitrogens with one attached hydrogen (secondary N) is 1. The van der Waals surface area contributed by atoms with E-state index in [1.54, 1.807) is 25.6 Å². The zero-order valence-corrected chi connectivity index (χ0v) is 8.90. The Morgan fingerprint density at radius 2 is 2.08 bits per heavy atom. The first kappa shape index (κ1) is 10.4. The maximum atomic E-state index is 11.6. The molecule has 1 aliphatic rings. The van der Waals surface area contributed by atoms with Gasteiger partial charge in [0.05, 0.1) is 0 Å². The fourth-order valence-corrected chi connectivity index (χ4v) is 1.57. The van der Waals surface area contributed by atoms with Gasteiger partial charge in [-0.3, -0.25) is 9.69 Å². The van der Waals surface area contributed by atoms with Crippen molar-refractivity contribution in [2.75, 3.05) is 18.6 Å². The normalized spacial score (nSPS) is 20.7. The van der Waals surface area contributed by atoms with Crippen molar-refractivity contribution < 1.29 is 9.59 Å². The van der Waals surface area contributed by atoms with Gasteiger partial charge in [0, 0.05) is 12.3 Å². The number of rotatable bonds is 3. The lowest BCUT2D eigenvalue weighted by Gasteiger charge is -2.15. The van der Waals surface area contributed by atoms with Crippen molar-refractivity contribution in [1.82, 2.24) is 10.2 Å². The summed E-state index contributed by atoms with van der Waals surface area (Å²) in [6.07, 6.45) is 1.95. The summed E-state index contributed by atoms with van der Waals surface area (Å²) in [5, 5.41) is 2.63. The van der Waals surface area contributed by atoms with Crippen LogP contribution in [0.4, 0.5) is 4.79 Å². The van der Waals surface area contributed by atoms with Crippen LogP contribution in [0.5, 0.6) is 0 Å². The van der Waals surface area contributed by atoms with Gasteiger partial charge in [-0.05, 0) is 20.1 Å². The van der Waals surface area contributed by atoms with Gasteiger partial charge in [0.1, 0.15) is 5.54 Å². The van der Waals surface area contributed by atoms with E-state index in [0.717, 1.165) is 5.75 Å². The third-order valence-electron chi connectivity index (χ3n) is 1.96. The molecule has 1 saturated heterocycles. The predicted octanol–water partition coefficient (Wildman–Crippen LogP) is 0.680. The summed E-state index contributed by atoms with van der Waals surface area (Å²) in [7, 11) is 0. The van der Waals surface area contributed by atoms with Crippen molar-refractivity contribution in [3.63, 3.8) is 0 Å². The molecule has 1 N–H and O–H groups in total. The Labute approximate surface area is 82.0 Å². The number of thioether (sulfide) groups is 1. The van der Waals surface area contributed by atoms with Crippen molar-refractivity contribution in [2.24, 2.45) is 0 Å². The van der Waals surface area contributed by atoms with E-state index >= 15 is 0 Å². The Morgan fingerprint density at radius 1 is 1.46 bits per heavy atom. The number of carbonyl (C=O) groups is 2. The number of nitrogens with zero attached hydrogens (tertiary/aromatic N) is 1. The summed E-state index contributed by atoms with van der Waals surface area (Å²) in [5.74, 6) is 0.654. The van der Waals surface area contributed by atoms with Crippen molar-refractivity contribution in [3.05, 3.63) is 0 Å². The SMILES string of the molecule is CSCCN1C(=O)NC(C)(C)C1=O. The highest BCUT2D eigenvalue weighted by molar-refractivity contribution is 7.98. The minimum Gasteiger partial charge on any atom is -0.324 e. The Bertz CT molecular complexity index is 240. The fourth-order valence-electron chi connectivity index (χ4n) is 1.20. The van der Waals surface area contributed by atoms with Crippen molar-refractivity contribution >= 4 is 23.7 Å². The van der Waals surface area contributed by atoms with Gasteiger partial charge in [-0.2, -0.15) is 11.8 Å². The average molecular weight is 202 g/mol. The topological polar surface area (TPSA) is 49.4 Å². The molecule has 0 spiro atoms. The Balaban J connectivity index is 2.66. The first-order chi connectivity index (χ1) is 5.99. The van der Waals surface area contributed by atoms with Crippen LogP contribution in [0.3, 0.4) is 0 Å². The summed E-state index contributed by atoms with van der Waals surface area (Å²) < 4.78 is 0. The highest BCUT2D eigenvalue weighted by atomic mass is 32.2. The molecule has 4 nitrogen and oxygen atoms in total. The van der Waals surface area contributed by atoms with Crippen LogP contribution in [0, 0.1) is 0 Å². The summed E-state index contributed by atoms with van der Waals surface area (Å²) >= 11 is 1.62. The molecule has 0 unspecified atom stereocenters. The average Bonchev–Trinajstić information content (AvgIpc) is 2.21. The first-order valence-electron chi connectivity index (χ1n) is 4.12. The number of urea groups is 1. The summed E-state index contributed by atoms with van der Waals surface area (Å²) in [6.45, 7) is 3.92. The van der Waals surface area contributed by atoms with Gasteiger partial charge in [-0.15, -0.1) is 0 Å². The first-order valence-corrected chi connectivity index (χ1v) is 5.51. The molecule has 0 saturated carbocycles. The molecule has 0 atom stereocenters. The summed E-state index contributed by atoms with van der Waals surface area (Å²) in [5.41, 5.74) is -0.727. The van der Waals surface area contributed by atoms with E-state index in [4.69, 9.17) is 0 Å². The van der Waals surface area contributed by atoms with E-state index in [-0.39, 0.29) is 11.9 Å². The highest BCUT2D eigenvalue weighted by Crippen LogP contribution is 2.16. The van der Waals surface area contributed by atoms with Gasteiger partial charge >= 0.3 is 6.03 Å². The third-order valence-corrected chi connectivity index (χ3v) is 2.55. The molecule has 0 aromatic carbocycles. The van der Waals surface area contributed by atoms with E-state index in [0.29, 0.717) is 6.54 Å². The molecule has 1 aliphatic heterocycles. The smallest absolute Gasteiger partial charge is 0.324 e. The van der Waals surface area contributed by atoms with Crippen LogP contribution in [0.1, 0.15) is 13.8 Å². The molecule has 1 fully saturated rings. The van der Waals surface area contributed by atoms with Gasteiger partial charge < -0.3 is 5.32 Å². The quantitative estimate of drug-likeness (QED) is 0.685. The summed E-state index contributed by atoms with van der Waals surface area (Å²) in [4.78, 5) is 24.1. The maximum absolute atomic E-state index is 11.6. The molecule has 0 aromatic heterocycles. The van der Waals surface area contributed by atoms with Crippen molar-refractivity contribution in [2.45, 2.75) is 19.4 Å². The van der Waals surface area contributed by atoms with Crippen LogP contribution in [0.15, 0.2) is 0 Å². The lowest BCUT2D eigenvalue weighted by molar-refractivity contribution is -0.130. The lowest BCUT2D eigenvalue weighted by Crippen LogP contribution is -2.40. The molecule has 13 heavy (non-hydrogen) atoms. The fraction of sp³-hybridized carbons (Fsp3) is 0.750. The van der Waals surface area contributed by atoms with Gasteiger partial charge in [0.15, 0.2) is 0 Å². The van der Waals surface area contributed by atoms with E-state index < -0.39 is 5.54 Å². The molecule has 0 aliphatic carbocycles. The lowest BCUT2D eigenvalue weighted by atomic mass is 10.1. The van der Waals surface area contributed by atoms with E-state index in [1.165, 1.54) is 4.90 Å². The molecular formula is C8H14N2O2S. The van der Waals surface area contributed by atoms with Crippen LogP contribution in [-0.4, -0.2) is 40.9 Å². The van der Waals surface area contributed by atoms with Crippen LogP contribution in [-0.2, 0) is 4.79 Å². The second-order valence-electron chi connectivity index (χ2n) is 3.50. The standard InChI is InChI=1S/C8H14N2O2S/c1-8(2)6(11)10(4-5-13-3)7(12)9-8/h4-5H2,1-3H3,(H,9,12). The van der Waals surface area contributed by atoms with Gasteiger partial charge in [0.2, 0.25) is 0 Å². The van der Waals surface area contributed by atoms with E-state index in [9.17, 15) is 9.59 Å². The minimum atomic E-state index is -0.727. The molecule has 0 aromatic rings. The molecular weight excluding hydrogens is 188 g/mol. The molecule has 5 heteroatoms. The van der Waals surface area contributed by atoms with Crippen LogP contribution >= 0.6 is 11.8 Å². The number of hydrogen-bond acceptors (Lipinski definition) is 3. The van der Waals surface area contributed by atoms with Crippen molar-refractivity contribution in [3.8, 4) is 0 Å². The van der Waals surface area contributed by atoms with Crippen LogP contribution in [0.25, 0.3) is 0 Å². The van der Waals surface area contributed by atoms with E-state index in [2.05, 4.69) is 5.32 Å². The Kier molecular flexibility index (Phi) is 2.85. The molecule has 0 bridgehead atoms. The van der Waals surface area contributed by atoms with Gasteiger partial charge in [-0.25, -0.2) is 4.79 Å². The number of carbonyl (C=O) groups excluding carboxylic acids is 2. The Hall–Kier alpha value is -0.710. The van der Waals surface area contributed by atoms with E-state index in [1.807, 2.05) is 6.26 Å². The molecule has 1 heterocycles. The Morgan fingerprint density at radius 3 is 2.46 bits per heavy atom. The zero-order valence-electron chi connectivity index (χ0n) is 8.09. The predicted molar refractivity (Wildman–Crippen MR) is 52.7 cm³/mol. The maximum Gasteiger partial charge on any atom is 0.325 e. The van der Waals surface area contributed by atoms with Gasteiger partial charge in [-0.1, -0.05) is 0 Å². The van der Waals surface area contributed by atoms with Crippen LogP contribution in [0.2, 0.25) is 0 Å². The van der Waals surface area contributed by atoms with Crippen molar-refractivity contribution in [1.29, 1.82) is 0 Å². The van der Waals surface area contributed by atoms with Gasteiger partial charge in [0.25, 0.3) is 5.91 Å². The zero-order chi connectivity index (χ0) is 10.1.